The van der Waals surface area contributed by atoms with Crippen molar-refractivity contribution in [2.45, 2.75) is 19.3 Å². The summed E-state index contributed by atoms with van der Waals surface area (Å²) in [7, 11) is 0. The van der Waals surface area contributed by atoms with E-state index >= 15 is 0 Å². The molecule has 13 aromatic rings. The third-order valence-electron chi connectivity index (χ3n) is 14.8. The summed E-state index contributed by atoms with van der Waals surface area (Å²) in [6.45, 7) is 4.83. The summed E-state index contributed by atoms with van der Waals surface area (Å²) in [4.78, 5) is 2.50. The van der Waals surface area contributed by atoms with Crippen molar-refractivity contribution in [3.8, 4) is 27.9 Å². The molecule has 0 saturated heterocycles. The number of fused-ring (bicyclic) bond motifs is 14. The van der Waals surface area contributed by atoms with E-state index in [9.17, 15) is 0 Å². The van der Waals surface area contributed by atoms with Crippen molar-refractivity contribution in [2.75, 3.05) is 4.90 Å². The van der Waals surface area contributed by atoms with Gasteiger partial charge in [-0.05, 0) is 154 Å². The van der Waals surface area contributed by atoms with Gasteiger partial charge in [0.2, 0.25) is 0 Å². The fourth-order valence-electron chi connectivity index (χ4n) is 11.7. The number of hydrogen-bond acceptors (Lipinski definition) is 1. The lowest BCUT2D eigenvalue weighted by Gasteiger charge is -2.43. The lowest BCUT2D eigenvalue weighted by atomic mass is 9.71. The van der Waals surface area contributed by atoms with Crippen molar-refractivity contribution < 1.29 is 0 Å². The van der Waals surface area contributed by atoms with Crippen molar-refractivity contribution in [1.82, 2.24) is 4.57 Å². The molecule has 1 aliphatic rings. The highest BCUT2D eigenvalue weighted by Gasteiger charge is 2.38. The average Bonchev–Trinajstić information content (AvgIpc) is 3.70. The monoisotopic (exact) mass is 852 g/mol. The van der Waals surface area contributed by atoms with Crippen LogP contribution in [0.4, 0.5) is 17.1 Å². The second-order valence-corrected chi connectivity index (χ2v) is 18.9. The van der Waals surface area contributed by atoms with E-state index in [0.29, 0.717) is 0 Å². The summed E-state index contributed by atoms with van der Waals surface area (Å²) in [6.07, 6.45) is 0. The van der Waals surface area contributed by atoms with E-state index in [2.05, 4.69) is 254 Å². The van der Waals surface area contributed by atoms with Crippen molar-refractivity contribution in [2.24, 2.45) is 0 Å². The maximum absolute atomic E-state index is 2.50. The van der Waals surface area contributed by atoms with Gasteiger partial charge < -0.3 is 9.47 Å². The fourth-order valence-corrected chi connectivity index (χ4v) is 11.7. The molecule has 67 heavy (non-hydrogen) atoms. The van der Waals surface area contributed by atoms with E-state index in [1.165, 1.54) is 120 Å². The standard InChI is InChI=1S/C65H44N2/c1-65(2)59-38-47(29-33-61(59)67(62-34-27-42-17-8-9-22-50(42)64(62)65)48-21-14-20-43(35-48)41-15-4-3-5-16-41)46-28-32-60-57(37-46)58-36-44-18-6-7-19-45(44)39-63(58)66(60)49-30-31-55-53-25-11-10-23-51(53)52-24-12-13-26-54(52)56(55)40-49/h3-40H,1-2H3. The Hall–Kier alpha value is -8.46. The molecule has 0 bridgehead atoms. The number of benzene rings is 12. The summed E-state index contributed by atoms with van der Waals surface area (Å²) in [6, 6.07) is 85.9. The van der Waals surface area contributed by atoms with Gasteiger partial charge >= 0.3 is 0 Å². The summed E-state index contributed by atoms with van der Waals surface area (Å²) in [5.41, 5.74) is 14.3. The fraction of sp³-hybridized carbons (Fsp3) is 0.0462. The Labute approximate surface area is 389 Å². The molecular formula is C65H44N2. The maximum atomic E-state index is 2.50. The van der Waals surface area contributed by atoms with Crippen molar-refractivity contribution in [3.63, 3.8) is 0 Å². The van der Waals surface area contributed by atoms with Gasteiger partial charge in [0.25, 0.3) is 0 Å². The van der Waals surface area contributed by atoms with Gasteiger partial charge in [-0.15, -0.1) is 0 Å². The molecule has 2 heteroatoms. The highest BCUT2D eigenvalue weighted by Crippen LogP contribution is 2.55. The maximum Gasteiger partial charge on any atom is 0.0547 e. The Kier molecular flexibility index (Phi) is 8.06. The van der Waals surface area contributed by atoms with Crippen LogP contribution in [-0.4, -0.2) is 4.57 Å². The van der Waals surface area contributed by atoms with Crippen molar-refractivity contribution in [1.29, 1.82) is 0 Å². The Balaban J connectivity index is 0.978. The first-order chi connectivity index (χ1) is 33.0. The number of aromatic nitrogens is 1. The molecule has 1 aromatic heterocycles. The third-order valence-corrected chi connectivity index (χ3v) is 14.8. The van der Waals surface area contributed by atoms with Crippen LogP contribution in [0.15, 0.2) is 231 Å². The molecule has 2 nitrogen and oxygen atoms in total. The molecule has 0 amide bonds. The van der Waals surface area contributed by atoms with Gasteiger partial charge in [0.1, 0.15) is 0 Å². The first kappa shape index (κ1) is 37.9. The number of rotatable bonds is 4. The second-order valence-electron chi connectivity index (χ2n) is 18.9. The van der Waals surface area contributed by atoms with E-state index in [0.717, 1.165) is 11.4 Å². The number of nitrogens with zero attached hydrogens (tertiary/aromatic N) is 2. The predicted molar refractivity (Wildman–Crippen MR) is 286 cm³/mol. The van der Waals surface area contributed by atoms with Crippen LogP contribution in [0.5, 0.6) is 0 Å². The van der Waals surface area contributed by atoms with Crippen LogP contribution in [0.25, 0.3) is 104 Å². The van der Waals surface area contributed by atoms with E-state index in [1.807, 2.05) is 0 Å². The van der Waals surface area contributed by atoms with Gasteiger partial charge in [-0.25, -0.2) is 0 Å². The first-order valence-corrected chi connectivity index (χ1v) is 23.4. The Morgan fingerprint density at radius 2 is 0.866 bits per heavy atom. The summed E-state index contributed by atoms with van der Waals surface area (Å²) >= 11 is 0. The van der Waals surface area contributed by atoms with Crippen LogP contribution in [0.3, 0.4) is 0 Å². The summed E-state index contributed by atoms with van der Waals surface area (Å²) < 4.78 is 2.49. The van der Waals surface area contributed by atoms with Crippen LogP contribution >= 0.6 is 0 Å². The first-order valence-electron chi connectivity index (χ1n) is 23.4. The van der Waals surface area contributed by atoms with Crippen LogP contribution in [0.2, 0.25) is 0 Å². The Morgan fingerprint density at radius 3 is 1.63 bits per heavy atom. The highest BCUT2D eigenvalue weighted by molar-refractivity contribution is 6.26. The van der Waals surface area contributed by atoms with Gasteiger partial charge in [-0.2, -0.15) is 0 Å². The topological polar surface area (TPSA) is 8.17 Å². The molecule has 0 radical (unpaired) electrons. The van der Waals surface area contributed by atoms with Crippen LogP contribution < -0.4 is 4.90 Å². The third kappa shape index (κ3) is 5.63. The van der Waals surface area contributed by atoms with Crippen molar-refractivity contribution >= 4 is 92.7 Å². The zero-order chi connectivity index (χ0) is 44.4. The van der Waals surface area contributed by atoms with Crippen molar-refractivity contribution in [3.05, 3.63) is 242 Å². The van der Waals surface area contributed by atoms with Crippen LogP contribution in [0, 0.1) is 0 Å². The SMILES string of the molecule is CC1(C)c2cc(-c3ccc4c(c3)c3cc5ccccc5cc3n4-c3ccc4c5ccccc5c5ccccc5c4c3)ccc2N(c2cccc(-c3ccccc3)c2)c2ccc3ccccc3c21. The Bertz CT molecular complexity index is 4160. The molecule has 2 heterocycles. The Morgan fingerprint density at radius 1 is 0.299 bits per heavy atom. The largest absolute Gasteiger partial charge is 0.310 e. The molecule has 0 fully saturated rings. The van der Waals surface area contributed by atoms with Gasteiger partial charge in [0.05, 0.1) is 22.4 Å². The minimum Gasteiger partial charge on any atom is -0.310 e. The molecular weight excluding hydrogens is 809 g/mol. The molecule has 0 unspecified atom stereocenters. The molecule has 0 saturated carbocycles. The quantitative estimate of drug-likeness (QED) is 0.160. The van der Waals surface area contributed by atoms with Crippen LogP contribution in [0.1, 0.15) is 25.0 Å². The minimum atomic E-state index is -0.292. The molecule has 314 valence electrons. The van der Waals surface area contributed by atoms with Gasteiger partial charge in [-0.3, -0.25) is 0 Å². The molecule has 0 spiro atoms. The lowest BCUT2D eigenvalue weighted by Crippen LogP contribution is -2.31. The van der Waals surface area contributed by atoms with E-state index in [-0.39, 0.29) is 5.41 Å². The average molecular weight is 853 g/mol. The molecule has 0 atom stereocenters. The number of anilines is 3. The summed E-state index contributed by atoms with van der Waals surface area (Å²) in [5, 5.41) is 15.2. The highest BCUT2D eigenvalue weighted by atomic mass is 15.2. The second kappa shape index (κ2) is 14.3. The van der Waals surface area contributed by atoms with E-state index < -0.39 is 0 Å². The minimum absolute atomic E-state index is 0.292. The molecule has 12 aromatic carbocycles. The molecule has 1 aliphatic heterocycles. The smallest absolute Gasteiger partial charge is 0.0547 e. The van der Waals surface area contributed by atoms with Gasteiger partial charge in [0.15, 0.2) is 0 Å². The van der Waals surface area contributed by atoms with Gasteiger partial charge in [-0.1, -0.05) is 178 Å². The van der Waals surface area contributed by atoms with Crippen LogP contribution in [-0.2, 0) is 5.41 Å². The summed E-state index contributed by atoms with van der Waals surface area (Å²) in [5.74, 6) is 0. The van der Waals surface area contributed by atoms with Gasteiger partial charge in [0, 0.05) is 27.6 Å². The molecule has 0 aliphatic carbocycles. The number of hydrogen-bond donors (Lipinski definition) is 0. The molecule has 14 rings (SSSR count). The zero-order valence-corrected chi connectivity index (χ0v) is 37.3. The zero-order valence-electron chi connectivity index (χ0n) is 37.3. The molecule has 0 N–H and O–H groups in total. The predicted octanol–water partition coefficient (Wildman–Crippen LogP) is 18.0. The normalized spacial score (nSPS) is 13.3. The van der Waals surface area contributed by atoms with E-state index in [1.54, 1.807) is 0 Å². The lowest BCUT2D eigenvalue weighted by molar-refractivity contribution is 0.638. The van der Waals surface area contributed by atoms with E-state index in [4.69, 9.17) is 0 Å².